The predicted octanol–water partition coefficient (Wildman–Crippen LogP) is 9.89. The Balaban J connectivity index is 1.28. The summed E-state index contributed by atoms with van der Waals surface area (Å²) in [4.78, 5) is 13.1. The Bertz CT molecular complexity index is 1150. The molecule has 5 aliphatic carbocycles. The third-order valence-corrected chi connectivity index (χ3v) is 14.7. The SMILES string of the molecule is CC1=CCC2(C)CCC3(C)C(CCC4C5(C)CCC(OC(=O)c6ccccc6)C(C)(C)C5CCC43C)C2C1C. The quantitative estimate of drug-likeness (QED) is 0.281. The molecule has 5 aliphatic rings. The molecular formula is C37H54O2. The van der Waals surface area contributed by atoms with Crippen LogP contribution in [-0.4, -0.2) is 12.1 Å². The molecule has 0 amide bonds. The molecule has 2 heteroatoms. The highest BCUT2D eigenvalue weighted by Gasteiger charge is 2.69. The van der Waals surface area contributed by atoms with E-state index in [1.165, 1.54) is 51.4 Å². The maximum atomic E-state index is 13.1. The molecule has 39 heavy (non-hydrogen) atoms. The molecule has 214 valence electrons. The number of carbonyl (C=O) groups excluding carboxylic acids is 1. The zero-order valence-electron chi connectivity index (χ0n) is 26.1. The molecule has 4 saturated carbocycles. The lowest BCUT2D eigenvalue weighted by atomic mass is 9.31. The van der Waals surface area contributed by atoms with Gasteiger partial charge in [0.15, 0.2) is 0 Å². The van der Waals surface area contributed by atoms with Crippen LogP contribution in [0, 0.1) is 56.7 Å². The molecular weight excluding hydrogens is 476 g/mol. The van der Waals surface area contributed by atoms with Gasteiger partial charge in [0.2, 0.25) is 0 Å². The van der Waals surface area contributed by atoms with Gasteiger partial charge in [0.1, 0.15) is 6.10 Å². The molecule has 4 fully saturated rings. The van der Waals surface area contributed by atoms with Gasteiger partial charge >= 0.3 is 5.97 Å². The summed E-state index contributed by atoms with van der Waals surface area (Å²) in [6, 6.07) is 9.58. The molecule has 0 bridgehead atoms. The monoisotopic (exact) mass is 530 g/mol. The van der Waals surface area contributed by atoms with Crippen molar-refractivity contribution in [3.8, 4) is 0 Å². The zero-order valence-corrected chi connectivity index (χ0v) is 26.1. The van der Waals surface area contributed by atoms with Crippen LogP contribution in [-0.2, 0) is 4.74 Å². The highest BCUT2D eigenvalue weighted by atomic mass is 16.5. The molecule has 0 spiro atoms. The van der Waals surface area contributed by atoms with Gasteiger partial charge in [-0.2, -0.15) is 0 Å². The fourth-order valence-electron chi connectivity index (χ4n) is 12.2. The van der Waals surface area contributed by atoms with Gasteiger partial charge in [0.25, 0.3) is 0 Å². The van der Waals surface area contributed by atoms with Gasteiger partial charge in [0.05, 0.1) is 5.56 Å². The van der Waals surface area contributed by atoms with Gasteiger partial charge < -0.3 is 4.74 Å². The smallest absolute Gasteiger partial charge is 0.338 e. The standard InChI is InChI=1S/C37H54O2/c1-24-16-19-34(5)22-23-36(7)27(31(34)25(24)2)14-15-29-35(6)20-18-30(39-32(38)26-12-10-9-11-13-26)33(3,4)28(35)17-21-37(29,36)8/h9-13,16,25,27-31H,14-15,17-23H2,1-8H3. The largest absolute Gasteiger partial charge is 0.458 e. The van der Waals surface area contributed by atoms with E-state index in [1.807, 2.05) is 30.3 Å². The van der Waals surface area contributed by atoms with Gasteiger partial charge in [-0.3, -0.25) is 0 Å². The molecule has 2 nitrogen and oxygen atoms in total. The average Bonchev–Trinajstić information content (AvgIpc) is 2.89. The highest BCUT2D eigenvalue weighted by molar-refractivity contribution is 5.89. The minimum atomic E-state index is -0.151. The molecule has 0 radical (unpaired) electrons. The Morgan fingerprint density at radius 2 is 1.54 bits per heavy atom. The van der Waals surface area contributed by atoms with Crippen LogP contribution in [0.5, 0.6) is 0 Å². The lowest BCUT2D eigenvalue weighted by Crippen LogP contribution is -2.67. The Hall–Kier alpha value is -1.57. The average molecular weight is 531 g/mol. The third-order valence-electron chi connectivity index (χ3n) is 14.7. The molecule has 0 saturated heterocycles. The van der Waals surface area contributed by atoms with E-state index in [2.05, 4.69) is 61.5 Å². The number of allylic oxidation sites excluding steroid dienone is 2. The van der Waals surface area contributed by atoms with Crippen molar-refractivity contribution in [1.29, 1.82) is 0 Å². The molecule has 10 unspecified atom stereocenters. The second-order valence-electron chi connectivity index (χ2n) is 16.4. The number of hydrogen-bond donors (Lipinski definition) is 0. The molecule has 0 heterocycles. The molecule has 0 aromatic heterocycles. The van der Waals surface area contributed by atoms with Gasteiger partial charge in [-0.15, -0.1) is 0 Å². The van der Waals surface area contributed by atoms with E-state index in [-0.39, 0.29) is 17.5 Å². The Labute approximate surface area is 238 Å². The van der Waals surface area contributed by atoms with Crippen LogP contribution in [0.25, 0.3) is 0 Å². The number of ether oxygens (including phenoxy) is 1. The van der Waals surface area contributed by atoms with Crippen molar-refractivity contribution in [2.75, 3.05) is 0 Å². The fraction of sp³-hybridized carbons (Fsp3) is 0.757. The predicted molar refractivity (Wildman–Crippen MR) is 160 cm³/mol. The first-order chi connectivity index (χ1) is 18.3. The Morgan fingerprint density at radius 1 is 0.821 bits per heavy atom. The Kier molecular flexibility index (Phi) is 6.34. The van der Waals surface area contributed by atoms with Crippen LogP contribution in [0.3, 0.4) is 0 Å². The molecule has 6 rings (SSSR count). The van der Waals surface area contributed by atoms with Crippen molar-refractivity contribution in [3.05, 3.63) is 47.5 Å². The summed E-state index contributed by atoms with van der Waals surface area (Å²) in [5.74, 6) is 3.59. The number of esters is 1. The van der Waals surface area contributed by atoms with Gasteiger partial charge in [-0.1, -0.05) is 78.3 Å². The summed E-state index contributed by atoms with van der Waals surface area (Å²) in [5.41, 5.74) is 3.92. The first-order valence-electron chi connectivity index (χ1n) is 16.2. The summed E-state index contributed by atoms with van der Waals surface area (Å²) in [7, 11) is 0. The van der Waals surface area contributed by atoms with Crippen LogP contribution < -0.4 is 0 Å². The van der Waals surface area contributed by atoms with E-state index < -0.39 is 0 Å². The van der Waals surface area contributed by atoms with Crippen molar-refractivity contribution in [2.24, 2.45) is 56.7 Å². The maximum Gasteiger partial charge on any atom is 0.338 e. The maximum absolute atomic E-state index is 13.1. The van der Waals surface area contributed by atoms with E-state index in [0.717, 1.165) is 24.2 Å². The summed E-state index contributed by atoms with van der Waals surface area (Å²) in [6.45, 7) is 20.5. The number of fused-ring (bicyclic) bond motifs is 7. The summed E-state index contributed by atoms with van der Waals surface area (Å²) >= 11 is 0. The first-order valence-corrected chi connectivity index (χ1v) is 16.2. The van der Waals surface area contributed by atoms with Crippen LogP contribution in [0.2, 0.25) is 0 Å². The lowest BCUT2D eigenvalue weighted by molar-refractivity contribution is -0.250. The molecule has 0 aliphatic heterocycles. The summed E-state index contributed by atoms with van der Waals surface area (Å²) in [6.07, 6.45) is 14.2. The van der Waals surface area contributed by atoms with Gasteiger partial charge in [-0.25, -0.2) is 4.79 Å². The van der Waals surface area contributed by atoms with Crippen molar-refractivity contribution in [2.45, 2.75) is 119 Å². The second-order valence-corrected chi connectivity index (χ2v) is 16.4. The van der Waals surface area contributed by atoms with E-state index >= 15 is 0 Å². The number of benzene rings is 1. The van der Waals surface area contributed by atoms with Crippen molar-refractivity contribution < 1.29 is 9.53 Å². The second kappa shape index (κ2) is 8.96. The molecule has 1 aromatic carbocycles. The van der Waals surface area contributed by atoms with E-state index in [9.17, 15) is 4.79 Å². The van der Waals surface area contributed by atoms with Crippen LogP contribution in [0.15, 0.2) is 42.0 Å². The highest BCUT2D eigenvalue weighted by Crippen LogP contribution is 2.76. The normalized spacial score (nSPS) is 48.5. The van der Waals surface area contributed by atoms with E-state index in [0.29, 0.717) is 39.1 Å². The summed E-state index contributed by atoms with van der Waals surface area (Å²) in [5, 5.41) is 0. The zero-order chi connectivity index (χ0) is 28.0. The van der Waals surface area contributed by atoms with E-state index in [4.69, 9.17) is 4.74 Å². The van der Waals surface area contributed by atoms with Crippen molar-refractivity contribution in [3.63, 3.8) is 0 Å². The number of carbonyl (C=O) groups is 1. The number of rotatable bonds is 2. The topological polar surface area (TPSA) is 26.3 Å². The number of hydrogen-bond acceptors (Lipinski definition) is 2. The minimum absolute atomic E-state index is 0.00666. The van der Waals surface area contributed by atoms with Gasteiger partial charge in [0, 0.05) is 5.41 Å². The molecule has 0 N–H and O–H groups in total. The van der Waals surface area contributed by atoms with Crippen molar-refractivity contribution >= 4 is 5.97 Å². The fourth-order valence-corrected chi connectivity index (χ4v) is 12.2. The van der Waals surface area contributed by atoms with Crippen molar-refractivity contribution in [1.82, 2.24) is 0 Å². The summed E-state index contributed by atoms with van der Waals surface area (Å²) < 4.78 is 6.30. The van der Waals surface area contributed by atoms with E-state index in [1.54, 1.807) is 5.57 Å². The first kappa shape index (κ1) is 27.6. The molecule has 1 aromatic rings. The Morgan fingerprint density at radius 3 is 2.26 bits per heavy atom. The lowest BCUT2D eigenvalue weighted by Gasteiger charge is -2.73. The minimum Gasteiger partial charge on any atom is -0.458 e. The van der Waals surface area contributed by atoms with Crippen LogP contribution in [0.4, 0.5) is 0 Å². The van der Waals surface area contributed by atoms with Crippen LogP contribution in [0.1, 0.15) is 124 Å². The van der Waals surface area contributed by atoms with Crippen LogP contribution >= 0.6 is 0 Å². The van der Waals surface area contributed by atoms with Gasteiger partial charge in [-0.05, 0) is 128 Å². The molecule has 10 atom stereocenters. The third kappa shape index (κ3) is 3.74.